The monoisotopic (exact) mass is 518 g/mol. The number of morpholine rings is 2. The fourth-order valence-corrected chi connectivity index (χ4v) is 8.03. The zero-order valence-electron chi connectivity index (χ0n) is 24.5. The van der Waals surface area contributed by atoms with Crippen LogP contribution in [0.4, 0.5) is 0 Å². The molecule has 1 atom stereocenters. The number of hydrogen-bond acceptors (Lipinski definition) is 6. The normalized spacial score (nSPS) is 27.8. The number of nitrogens with zero attached hydrogens (tertiary/aromatic N) is 2. The Hall–Kier alpha value is -0.820. The maximum Gasteiger partial charge on any atom is 0.145 e. The molecule has 0 aromatic heterocycles. The second kappa shape index (κ2) is 11.7. The number of carbonyl (C=O) groups excluding carboxylic acids is 2. The van der Waals surface area contributed by atoms with E-state index < -0.39 is 5.41 Å². The largest absolute Gasteiger partial charge is 0.379 e. The molecule has 2 saturated carbocycles. The quantitative estimate of drug-likeness (QED) is 0.422. The van der Waals surface area contributed by atoms with Crippen LogP contribution in [-0.2, 0) is 19.1 Å². The van der Waals surface area contributed by atoms with E-state index in [0.717, 1.165) is 110 Å². The molecule has 37 heavy (non-hydrogen) atoms. The van der Waals surface area contributed by atoms with Crippen LogP contribution in [-0.4, -0.2) is 86.6 Å². The average molecular weight is 519 g/mol. The molecule has 4 fully saturated rings. The van der Waals surface area contributed by atoms with Crippen molar-refractivity contribution in [3.8, 4) is 0 Å². The highest BCUT2D eigenvalue weighted by Crippen LogP contribution is 2.46. The zero-order valence-corrected chi connectivity index (χ0v) is 24.5. The summed E-state index contributed by atoms with van der Waals surface area (Å²) < 4.78 is 11.9. The SMILES string of the molecule is CC(C)(C)C(=O)C1(CN2CCOC(CC(C)(C)C(=O)C3(CN4CCOCC4)CCCCC3)C2)CCCC1. The number of rotatable bonds is 9. The van der Waals surface area contributed by atoms with Crippen molar-refractivity contribution in [1.29, 1.82) is 0 Å². The molecule has 2 heterocycles. The van der Waals surface area contributed by atoms with Gasteiger partial charge in [-0.15, -0.1) is 0 Å². The third kappa shape index (κ3) is 6.85. The van der Waals surface area contributed by atoms with Crippen LogP contribution in [0.3, 0.4) is 0 Å². The third-order valence-electron chi connectivity index (χ3n) is 9.75. The highest BCUT2D eigenvalue weighted by atomic mass is 16.5. The first kappa shape index (κ1) is 29.2. The molecule has 1 unspecified atom stereocenters. The van der Waals surface area contributed by atoms with Crippen LogP contribution in [0.2, 0.25) is 0 Å². The molecule has 6 nitrogen and oxygen atoms in total. The predicted molar refractivity (Wildman–Crippen MR) is 148 cm³/mol. The van der Waals surface area contributed by atoms with Crippen LogP contribution >= 0.6 is 0 Å². The van der Waals surface area contributed by atoms with E-state index in [-0.39, 0.29) is 22.3 Å². The van der Waals surface area contributed by atoms with Crippen LogP contribution in [0.1, 0.15) is 98.8 Å². The van der Waals surface area contributed by atoms with Crippen molar-refractivity contribution in [2.45, 2.75) is 105 Å². The molecular weight excluding hydrogens is 464 g/mol. The number of Topliss-reactive ketones (excluding diaryl/α,β-unsaturated/α-hetero) is 2. The molecule has 0 amide bonds. The van der Waals surface area contributed by atoms with Crippen LogP contribution in [0, 0.1) is 21.7 Å². The Balaban J connectivity index is 1.42. The van der Waals surface area contributed by atoms with Gasteiger partial charge in [0.2, 0.25) is 0 Å². The fraction of sp³-hybridized carbons (Fsp3) is 0.935. The van der Waals surface area contributed by atoms with Gasteiger partial charge in [0, 0.05) is 60.9 Å². The first-order chi connectivity index (χ1) is 17.5. The predicted octanol–water partition coefficient (Wildman–Crippen LogP) is 5.13. The average Bonchev–Trinajstić information content (AvgIpc) is 3.33. The van der Waals surface area contributed by atoms with Crippen LogP contribution in [0.15, 0.2) is 0 Å². The van der Waals surface area contributed by atoms with Gasteiger partial charge in [-0.05, 0) is 32.1 Å². The van der Waals surface area contributed by atoms with Crippen molar-refractivity contribution in [3.63, 3.8) is 0 Å². The van der Waals surface area contributed by atoms with Gasteiger partial charge in [-0.1, -0.05) is 66.7 Å². The topological polar surface area (TPSA) is 59.1 Å². The summed E-state index contributed by atoms with van der Waals surface area (Å²) >= 11 is 0. The molecule has 4 rings (SSSR count). The third-order valence-corrected chi connectivity index (χ3v) is 9.75. The summed E-state index contributed by atoms with van der Waals surface area (Å²) in [5, 5.41) is 0. The lowest BCUT2D eigenvalue weighted by Gasteiger charge is -2.46. The summed E-state index contributed by atoms with van der Waals surface area (Å²) in [6, 6.07) is 0. The van der Waals surface area contributed by atoms with Gasteiger partial charge in [-0.2, -0.15) is 0 Å². The molecule has 4 aliphatic rings. The molecule has 212 valence electrons. The van der Waals surface area contributed by atoms with E-state index in [0.29, 0.717) is 18.2 Å². The van der Waals surface area contributed by atoms with Crippen molar-refractivity contribution in [2.24, 2.45) is 21.7 Å². The van der Waals surface area contributed by atoms with E-state index >= 15 is 0 Å². The molecule has 2 aliphatic carbocycles. The molecular formula is C31H54N2O4. The summed E-state index contributed by atoms with van der Waals surface area (Å²) in [5.41, 5.74) is -1.18. The summed E-state index contributed by atoms with van der Waals surface area (Å²) in [7, 11) is 0. The number of hydrogen-bond donors (Lipinski definition) is 0. The lowest BCUT2D eigenvalue weighted by Crippen LogP contribution is -2.54. The first-order valence-electron chi connectivity index (χ1n) is 15.2. The molecule has 0 aromatic carbocycles. The molecule has 0 aromatic rings. The standard InChI is InChI=1S/C31H54N2O4/c1-28(2,3)26(34)30(13-9-10-14-30)24-33-17-20-37-25(22-33)21-29(4,5)27(35)31(11-7-6-8-12-31)23-32-15-18-36-19-16-32/h25H,6-24H2,1-5H3. The van der Waals surface area contributed by atoms with Crippen molar-refractivity contribution in [2.75, 3.05) is 59.1 Å². The molecule has 2 aliphatic heterocycles. The number of ketones is 2. The fourth-order valence-electron chi connectivity index (χ4n) is 8.03. The highest BCUT2D eigenvalue weighted by molar-refractivity contribution is 5.90. The number of carbonyl (C=O) groups is 2. The van der Waals surface area contributed by atoms with Gasteiger partial charge < -0.3 is 9.47 Å². The van der Waals surface area contributed by atoms with Crippen molar-refractivity contribution < 1.29 is 19.1 Å². The van der Waals surface area contributed by atoms with Crippen LogP contribution in [0.25, 0.3) is 0 Å². The van der Waals surface area contributed by atoms with Gasteiger partial charge in [-0.3, -0.25) is 19.4 Å². The van der Waals surface area contributed by atoms with Gasteiger partial charge in [0.25, 0.3) is 0 Å². The molecule has 0 bridgehead atoms. The minimum Gasteiger partial charge on any atom is -0.379 e. The summed E-state index contributed by atoms with van der Waals surface area (Å²) in [4.78, 5) is 32.8. The Morgan fingerprint density at radius 3 is 1.84 bits per heavy atom. The second-order valence-corrected chi connectivity index (χ2v) is 14.4. The number of ether oxygens (including phenoxy) is 2. The first-order valence-corrected chi connectivity index (χ1v) is 15.2. The van der Waals surface area contributed by atoms with Gasteiger partial charge in [0.1, 0.15) is 11.6 Å². The molecule has 0 N–H and O–H groups in total. The summed E-state index contributed by atoms with van der Waals surface area (Å²) in [5.74, 6) is 0.875. The van der Waals surface area contributed by atoms with E-state index in [9.17, 15) is 9.59 Å². The lowest BCUT2D eigenvalue weighted by atomic mass is 9.62. The van der Waals surface area contributed by atoms with E-state index in [4.69, 9.17) is 9.47 Å². The Kier molecular flexibility index (Phi) is 9.25. The van der Waals surface area contributed by atoms with E-state index in [1.165, 1.54) is 6.42 Å². The molecule has 6 heteroatoms. The Morgan fingerprint density at radius 1 is 0.730 bits per heavy atom. The van der Waals surface area contributed by atoms with Crippen molar-refractivity contribution >= 4 is 11.6 Å². The van der Waals surface area contributed by atoms with Gasteiger partial charge in [-0.25, -0.2) is 0 Å². The van der Waals surface area contributed by atoms with E-state index in [2.05, 4.69) is 44.4 Å². The smallest absolute Gasteiger partial charge is 0.145 e. The maximum absolute atomic E-state index is 14.3. The minimum absolute atomic E-state index is 0.0416. The van der Waals surface area contributed by atoms with E-state index in [1.807, 2.05) is 0 Å². The maximum atomic E-state index is 14.3. The van der Waals surface area contributed by atoms with Gasteiger partial charge in [0.05, 0.1) is 25.9 Å². The molecule has 2 saturated heterocycles. The van der Waals surface area contributed by atoms with Gasteiger partial charge in [0.15, 0.2) is 0 Å². The van der Waals surface area contributed by atoms with Crippen LogP contribution < -0.4 is 0 Å². The Morgan fingerprint density at radius 2 is 1.24 bits per heavy atom. The second-order valence-electron chi connectivity index (χ2n) is 14.4. The van der Waals surface area contributed by atoms with Crippen molar-refractivity contribution in [3.05, 3.63) is 0 Å². The summed E-state index contributed by atoms with van der Waals surface area (Å²) in [6.07, 6.45) is 10.7. The summed E-state index contributed by atoms with van der Waals surface area (Å²) in [6.45, 7) is 18.1. The van der Waals surface area contributed by atoms with Gasteiger partial charge >= 0.3 is 0 Å². The van der Waals surface area contributed by atoms with E-state index in [1.54, 1.807) is 0 Å². The Labute approximate surface area is 226 Å². The molecule has 0 radical (unpaired) electrons. The Bertz CT molecular complexity index is 784. The lowest BCUT2D eigenvalue weighted by molar-refractivity contribution is -0.146. The minimum atomic E-state index is -0.427. The zero-order chi connectivity index (χ0) is 26.7. The van der Waals surface area contributed by atoms with Crippen LogP contribution in [0.5, 0.6) is 0 Å². The highest BCUT2D eigenvalue weighted by Gasteiger charge is 2.49. The van der Waals surface area contributed by atoms with Crippen molar-refractivity contribution in [1.82, 2.24) is 9.80 Å². The molecule has 0 spiro atoms.